The van der Waals surface area contributed by atoms with E-state index in [0.29, 0.717) is 0 Å². The molecule has 0 nitrogen and oxygen atoms in total. The molecule has 2 aromatic carbocycles. The van der Waals surface area contributed by atoms with Crippen LogP contribution in [-0.4, -0.2) is 0 Å². The average molecular weight is 368 g/mol. The smallest absolute Gasteiger partial charge is 0.0188 e. The Bertz CT molecular complexity index is 497. The largest absolute Gasteiger partial charge is 0.152 e. The molecule has 94 valence electrons. The molecule has 2 aromatic rings. The SMILES string of the molecule is Cc1cc(C)cc(CSCc2ccc(I)cc2)c1. The van der Waals surface area contributed by atoms with Crippen molar-refractivity contribution in [2.45, 2.75) is 25.4 Å². The van der Waals surface area contributed by atoms with Gasteiger partial charge in [0.05, 0.1) is 0 Å². The standard InChI is InChI=1S/C16H17IS/c1-12-7-13(2)9-15(8-12)11-18-10-14-3-5-16(17)6-4-14/h3-9H,10-11H2,1-2H3. The molecule has 0 heterocycles. The maximum Gasteiger partial charge on any atom is 0.0188 e. The van der Waals surface area contributed by atoms with E-state index in [-0.39, 0.29) is 0 Å². The van der Waals surface area contributed by atoms with Crippen molar-refractivity contribution in [3.05, 3.63) is 68.3 Å². The van der Waals surface area contributed by atoms with Crippen LogP contribution in [-0.2, 0) is 11.5 Å². The molecule has 18 heavy (non-hydrogen) atoms. The summed E-state index contributed by atoms with van der Waals surface area (Å²) in [5.74, 6) is 2.18. The van der Waals surface area contributed by atoms with E-state index in [0.717, 1.165) is 11.5 Å². The summed E-state index contributed by atoms with van der Waals surface area (Å²) in [6, 6.07) is 15.6. The molecule has 0 aliphatic carbocycles. The van der Waals surface area contributed by atoms with Gasteiger partial charge in [-0.25, -0.2) is 0 Å². The Morgan fingerprint density at radius 3 is 2.00 bits per heavy atom. The predicted molar refractivity (Wildman–Crippen MR) is 90.1 cm³/mol. The van der Waals surface area contributed by atoms with E-state index in [1.54, 1.807) is 0 Å². The van der Waals surface area contributed by atoms with Gasteiger partial charge >= 0.3 is 0 Å². The molecule has 0 N–H and O–H groups in total. The first-order chi connectivity index (χ1) is 8.63. The summed E-state index contributed by atoms with van der Waals surface area (Å²) in [5.41, 5.74) is 5.56. The van der Waals surface area contributed by atoms with Crippen LogP contribution >= 0.6 is 34.4 Å². The molecule has 0 unspecified atom stereocenters. The molecule has 0 saturated heterocycles. The lowest BCUT2D eigenvalue weighted by atomic mass is 10.1. The first-order valence-electron chi connectivity index (χ1n) is 6.03. The lowest BCUT2D eigenvalue weighted by Gasteiger charge is -2.05. The normalized spacial score (nSPS) is 10.6. The van der Waals surface area contributed by atoms with Gasteiger partial charge in [-0.2, -0.15) is 11.8 Å². The van der Waals surface area contributed by atoms with Crippen LogP contribution in [0.15, 0.2) is 42.5 Å². The average Bonchev–Trinajstić information content (AvgIpc) is 2.30. The number of hydrogen-bond donors (Lipinski definition) is 0. The minimum atomic E-state index is 1.09. The highest BCUT2D eigenvalue weighted by atomic mass is 127. The van der Waals surface area contributed by atoms with E-state index >= 15 is 0 Å². The third kappa shape index (κ3) is 4.32. The molecule has 0 atom stereocenters. The number of thioether (sulfide) groups is 1. The van der Waals surface area contributed by atoms with E-state index in [1.165, 1.54) is 25.8 Å². The first kappa shape index (κ1) is 13.9. The second kappa shape index (κ2) is 6.62. The van der Waals surface area contributed by atoms with Crippen LogP contribution in [0, 0.1) is 17.4 Å². The maximum atomic E-state index is 2.34. The molecule has 0 aromatic heterocycles. The van der Waals surface area contributed by atoms with Crippen molar-refractivity contribution in [1.29, 1.82) is 0 Å². The Morgan fingerprint density at radius 1 is 0.833 bits per heavy atom. The maximum absolute atomic E-state index is 2.34. The quantitative estimate of drug-likeness (QED) is 0.657. The summed E-state index contributed by atoms with van der Waals surface area (Å²) in [5, 5.41) is 0. The minimum Gasteiger partial charge on any atom is -0.152 e. The van der Waals surface area contributed by atoms with Crippen molar-refractivity contribution >= 4 is 34.4 Å². The molecular weight excluding hydrogens is 351 g/mol. The van der Waals surface area contributed by atoms with Gasteiger partial charge in [-0.3, -0.25) is 0 Å². The van der Waals surface area contributed by atoms with Crippen LogP contribution in [0.25, 0.3) is 0 Å². The Balaban J connectivity index is 1.90. The summed E-state index contributed by atoms with van der Waals surface area (Å²) in [6.45, 7) is 4.33. The van der Waals surface area contributed by atoms with E-state index < -0.39 is 0 Å². The molecule has 0 fully saturated rings. The van der Waals surface area contributed by atoms with Crippen molar-refractivity contribution in [1.82, 2.24) is 0 Å². The summed E-state index contributed by atoms with van der Waals surface area (Å²) in [7, 11) is 0. The number of halogens is 1. The predicted octanol–water partition coefficient (Wildman–Crippen LogP) is 5.34. The fourth-order valence-electron chi connectivity index (χ4n) is 2.02. The molecule has 0 spiro atoms. The van der Waals surface area contributed by atoms with Crippen molar-refractivity contribution in [3.63, 3.8) is 0 Å². The molecular formula is C16H17IS. The fraction of sp³-hybridized carbons (Fsp3) is 0.250. The second-order valence-electron chi connectivity index (χ2n) is 4.62. The van der Waals surface area contributed by atoms with Crippen LogP contribution in [0.4, 0.5) is 0 Å². The van der Waals surface area contributed by atoms with Gasteiger partial charge in [0.25, 0.3) is 0 Å². The highest BCUT2D eigenvalue weighted by molar-refractivity contribution is 14.1. The molecule has 2 heteroatoms. The van der Waals surface area contributed by atoms with Crippen molar-refractivity contribution in [2.24, 2.45) is 0 Å². The van der Waals surface area contributed by atoms with Gasteiger partial charge in [0.15, 0.2) is 0 Å². The van der Waals surface area contributed by atoms with Gasteiger partial charge in [0, 0.05) is 15.1 Å². The van der Waals surface area contributed by atoms with Gasteiger partial charge < -0.3 is 0 Å². The number of hydrogen-bond acceptors (Lipinski definition) is 1. The third-order valence-corrected chi connectivity index (χ3v) is 4.53. The van der Waals surface area contributed by atoms with Gasteiger partial charge in [-0.05, 0) is 59.7 Å². The molecule has 0 radical (unpaired) electrons. The van der Waals surface area contributed by atoms with Crippen LogP contribution in [0.3, 0.4) is 0 Å². The number of aryl methyl sites for hydroxylation is 2. The van der Waals surface area contributed by atoms with Crippen molar-refractivity contribution in [2.75, 3.05) is 0 Å². The minimum absolute atomic E-state index is 1.09. The molecule has 0 bridgehead atoms. The second-order valence-corrected chi connectivity index (χ2v) is 6.85. The fourth-order valence-corrected chi connectivity index (χ4v) is 3.31. The molecule has 0 amide bonds. The Hall–Kier alpha value is -0.480. The molecule has 2 rings (SSSR count). The van der Waals surface area contributed by atoms with E-state index in [4.69, 9.17) is 0 Å². The number of rotatable bonds is 4. The molecule has 0 saturated carbocycles. The first-order valence-corrected chi connectivity index (χ1v) is 8.26. The van der Waals surface area contributed by atoms with E-state index in [2.05, 4.69) is 78.9 Å². The summed E-state index contributed by atoms with van der Waals surface area (Å²) >= 11 is 4.32. The zero-order chi connectivity index (χ0) is 13.0. The monoisotopic (exact) mass is 368 g/mol. The van der Waals surface area contributed by atoms with Gasteiger partial charge in [-0.1, -0.05) is 41.5 Å². The Labute approximate surface area is 127 Å². The molecule has 0 aliphatic rings. The van der Waals surface area contributed by atoms with Crippen LogP contribution in [0.1, 0.15) is 22.3 Å². The Kier molecular flexibility index (Phi) is 5.13. The van der Waals surface area contributed by atoms with Crippen molar-refractivity contribution in [3.8, 4) is 0 Å². The van der Waals surface area contributed by atoms with E-state index in [9.17, 15) is 0 Å². The van der Waals surface area contributed by atoms with Gasteiger partial charge in [0.2, 0.25) is 0 Å². The zero-order valence-electron chi connectivity index (χ0n) is 10.7. The number of benzene rings is 2. The van der Waals surface area contributed by atoms with Crippen LogP contribution in [0.2, 0.25) is 0 Å². The highest BCUT2D eigenvalue weighted by Crippen LogP contribution is 2.20. The lowest BCUT2D eigenvalue weighted by molar-refractivity contribution is 1.29. The zero-order valence-corrected chi connectivity index (χ0v) is 13.7. The van der Waals surface area contributed by atoms with Gasteiger partial charge in [-0.15, -0.1) is 0 Å². The van der Waals surface area contributed by atoms with E-state index in [1.807, 2.05) is 11.8 Å². The summed E-state index contributed by atoms with van der Waals surface area (Å²) in [4.78, 5) is 0. The highest BCUT2D eigenvalue weighted by Gasteiger charge is 1.98. The summed E-state index contributed by atoms with van der Waals surface area (Å²) < 4.78 is 1.30. The van der Waals surface area contributed by atoms with Crippen molar-refractivity contribution < 1.29 is 0 Å². The molecule has 0 aliphatic heterocycles. The topological polar surface area (TPSA) is 0 Å². The van der Waals surface area contributed by atoms with Gasteiger partial charge in [0.1, 0.15) is 0 Å². The van der Waals surface area contributed by atoms with Crippen LogP contribution in [0.5, 0.6) is 0 Å². The summed E-state index contributed by atoms with van der Waals surface area (Å²) in [6.07, 6.45) is 0. The third-order valence-electron chi connectivity index (χ3n) is 2.73. The van der Waals surface area contributed by atoms with Crippen LogP contribution < -0.4 is 0 Å². The Morgan fingerprint density at radius 2 is 1.39 bits per heavy atom. The lowest BCUT2D eigenvalue weighted by Crippen LogP contribution is -1.87.